The molecular formula is C17H20F2N2O3S. The van der Waals surface area contributed by atoms with Crippen LogP contribution in [0.4, 0.5) is 8.78 Å². The molecule has 136 valence electrons. The third-order valence-electron chi connectivity index (χ3n) is 3.82. The Hall–Kier alpha value is -2.09. The van der Waals surface area contributed by atoms with Crippen molar-refractivity contribution in [1.82, 2.24) is 9.55 Å². The van der Waals surface area contributed by atoms with Crippen LogP contribution in [0.25, 0.3) is 11.3 Å². The Morgan fingerprint density at radius 3 is 2.44 bits per heavy atom. The molecule has 0 saturated heterocycles. The summed E-state index contributed by atoms with van der Waals surface area (Å²) in [4.78, 5) is 16.6. The zero-order valence-electron chi connectivity index (χ0n) is 14.5. The number of nitrogens with zero attached hydrogens (tertiary/aromatic N) is 2. The number of aryl methyl sites for hydroxylation is 1. The van der Waals surface area contributed by atoms with Crippen molar-refractivity contribution in [3.05, 3.63) is 46.0 Å². The molecule has 1 heterocycles. The van der Waals surface area contributed by atoms with Gasteiger partial charge in [-0.1, -0.05) is 19.1 Å². The van der Waals surface area contributed by atoms with Crippen molar-refractivity contribution in [3.8, 4) is 11.3 Å². The lowest BCUT2D eigenvalue weighted by atomic mass is 10.1. The molecule has 0 saturated carbocycles. The molecule has 0 aliphatic carbocycles. The van der Waals surface area contributed by atoms with E-state index in [0.29, 0.717) is 12.5 Å². The molecule has 8 heteroatoms. The van der Waals surface area contributed by atoms with Gasteiger partial charge >= 0.3 is 0 Å². The summed E-state index contributed by atoms with van der Waals surface area (Å²) in [5.41, 5.74) is 0.757. The summed E-state index contributed by atoms with van der Waals surface area (Å²) in [5.74, 6) is -3.15. The fraction of sp³-hybridized carbons (Fsp3) is 0.412. The topological polar surface area (TPSA) is 69.0 Å². The summed E-state index contributed by atoms with van der Waals surface area (Å²) >= 11 is 0. The maximum atomic E-state index is 13.2. The molecule has 0 radical (unpaired) electrons. The van der Waals surface area contributed by atoms with Crippen LogP contribution in [-0.4, -0.2) is 29.6 Å². The predicted octanol–water partition coefficient (Wildman–Crippen LogP) is 2.98. The number of hydrogen-bond donors (Lipinski definition) is 0. The number of benzene rings is 1. The number of rotatable bonds is 5. The van der Waals surface area contributed by atoms with E-state index >= 15 is 0 Å². The highest BCUT2D eigenvalue weighted by atomic mass is 32.2. The van der Waals surface area contributed by atoms with Gasteiger partial charge in [0.1, 0.15) is 0 Å². The first-order valence-corrected chi connectivity index (χ1v) is 9.39. The van der Waals surface area contributed by atoms with Gasteiger partial charge < -0.3 is 0 Å². The fourth-order valence-electron chi connectivity index (χ4n) is 2.51. The molecule has 25 heavy (non-hydrogen) atoms. The van der Waals surface area contributed by atoms with E-state index in [0.717, 1.165) is 16.5 Å². The minimum atomic E-state index is -3.54. The average Bonchev–Trinajstić information content (AvgIpc) is 2.51. The molecule has 0 N–H and O–H groups in total. The Balaban J connectivity index is 2.69. The molecule has 1 aromatic carbocycles. The molecule has 2 rings (SSSR count). The van der Waals surface area contributed by atoms with Crippen molar-refractivity contribution in [2.24, 2.45) is 0 Å². The highest BCUT2D eigenvalue weighted by Crippen LogP contribution is 2.29. The van der Waals surface area contributed by atoms with Gasteiger partial charge in [-0.25, -0.2) is 22.2 Å². The zero-order chi connectivity index (χ0) is 19.0. The summed E-state index contributed by atoms with van der Waals surface area (Å²) in [6.07, 6.45) is 1.03. The second kappa shape index (κ2) is 6.67. The molecule has 0 unspecified atom stereocenters. The van der Waals surface area contributed by atoms with Crippen molar-refractivity contribution in [2.45, 2.75) is 45.1 Å². The van der Waals surface area contributed by atoms with Gasteiger partial charge in [0, 0.05) is 18.1 Å². The van der Waals surface area contributed by atoms with Crippen LogP contribution in [0.5, 0.6) is 0 Å². The quantitative estimate of drug-likeness (QED) is 0.811. The van der Waals surface area contributed by atoms with Crippen LogP contribution in [0.1, 0.15) is 25.0 Å². The normalized spacial score (nSPS) is 12.4. The van der Waals surface area contributed by atoms with Gasteiger partial charge in [0.05, 0.1) is 29.2 Å². The van der Waals surface area contributed by atoms with Crippen LogP contribution < -0.4 is 5.56 Å². The van der Waals surface area contributed by atoms with Crippen LogP contribution in [0.2, 0.25) is 0 Å². The van der Waals surface area contributed by atoms with E-state index in [-0.39, 0.29) is 21.9 Å². The molecule has 5 nitrogen and oxygen atoms in total. The van der Waals surface area contributed by atoms with E-state index < -0.39 is 27.9 Å². The van der Waals surface area contributed by atoms with Crippen molar-refractivity contribution < 1.29 is 17.2 Å². The van der Waals surface area contributed by atoms with E-state index in [1.54, 1.807) is 19.1 Å². The molecule has 2 aromatic rings. The lowest BCUT2D eigenvalue weighted by Gasteiger charge is -2.15. The van der Waals surface area contributed by atoms with Gasteiger partial charge in [-0.3, -0.25) is 9.36 Å². The van der Waals surface area contributed by atoms with Gasteiger partial charge in [-0.05, 0) is 25.5 Å². The Bertz CT molecular complexity index is 961. The van der Waals surface area contributed by atoms with E-state index in [2.05, 4.69) is 4.98 Å². The third-order valence-corrected chi connectivity index (χ3v) is 5.59. The smallest absolute Gasteiger partial charge is 0.263 e. The number of sulfone groups is 1. The average molecular weight is 370 g/mol. The Kier molecular flexibility index (Phi) is 5.13. The monoisotopic (exact) mass is 370 g/mol. The molecule has 0 fully saturated rings. The van der Waals surface area contributed by atoms with E-state index in [9.17, 15) is 22.0 Å². The number of hydrogen-bond acceptors (Lipinski definition) is 4. The van der Waals surface area contributed by atoms with Crippen molar-refractivity contribution in [3.63, 3.8) is 0 Å². The Morgan fingerprint density at radius 1 is 1.24 bits per heavy atom. The van der Waals surface area contributed by atoms with Gasteiger partial charge in [-0.2, -0.15) is 0 Å². The summed E-state index contributed by atoms with van der Waals surface area (Å²) in [5, 5.41) is 0. The summed E-state index contributed by atoms with van der Waals surface area (Å²) in [6.45, 7) is 4.68. The van der Waals surface area contributed by atoms with Crippen LogP contribution in [0.3, 0.4) is 0 Å². The first kappa shape index (κ1) is 19.2. The van der Waals surface area contributed by atoms with Crippen molar-refractivity contribution in [2.75, 3.05) is 5.75 Å². The molecule has 0 aliphatic heterocycles. The van der Waals surface area contributed by atoms with Crippen molar-refractivity contribution in [1.29, 1.82) is 0 Å². The minimum Gasteiger partial charge on any atom is -0.293 e. The molecular weight excluding hydrogens is 350 g/mol. The molecule has 0 atom stereocenters. The maximum absolute atomic E-state index is 13.2. The van der Waals surface area contributed by atoms with E-state index in [1.807, 2.05) is 0 Å². The highest BCUT2D eigenvalue weighted by Gasteiger charge is 2.25. The second-order valence-electron chi connectivity index (χ2n) is 6.12. The van der Waals surface area contributed by atoms with Gasteiger partial charge in [0.15, 0.2) is 9.84 Å². The number of halogens is 2. The van der Waals surface area contributed by atoms with E-state index in [4.69, 9.17) is 0 Å². The van der Waals surface area contributed by atoms with Crippen LogP contribution in [-0.2, 0) is 16.4 Å². The van der Waals surface area contributed by atoms with Crippen molar-refractivity contribution >= 4 is 9.84 Å². The zero-order valence-corrected chi connectivity index (χ0v) is 15.3. The summed E-state index contributed by atoms with van der Waals surface area (Å²) in [6, 6.07) is 4.84. The molecule has 0 aliphatic rings. The van der Waals surface area contributed by atoms with Gasteiger partial charge in [0.25, 0.3) is 11.5 Å². The van der Waals surface area contributed by atoms with E-state index in [1.165, 1.54) is 19.9 Å². The largest absolute Gasteiger partial charge is 0.293 e. The minimum absolute atomic E-state index is 0.0866. The molecule has 0 amide bonds. The molecule has 0 bridgehead atoms. The van der Waals surface area contributed by atoms with Gasteiger partial charge in [0.2, 0.25) is 0 Å². The number of alkyl halides is 2. The lowest BCUT2D eigenvalue weighted by Crippen LogP contribution is -2.30. The first-order chi connectivity index (χ1) is 11.5. The van der Waals surface area contributed by atoms with Crippen LogP contribution >= 0.6 is 0 Å². The third kappa shape index (κ3) is 4.12. The second-order valence-corrected chi connectivity index (χ2v) is 8.37. The summed E-state index contributed by atoms with van der Waals surface area (Å²) < 4.78 is 52.0. The van der Waals surface area contributed by atoms with Gasteiger partial charge in [-0.15, -0.1) is 0 Å². The fourth-order valence-corrected chi connectivity index (χ4v) is 3.69. The van der Waals surface area contributed by atoms with Crippen LogP contribution in [0, 0.1) is 13.8 Å². The lowest BCUT2D eigenvalue weighted by molar-refractivity contribution is 0.00264. The Morgan fingerprint density at radius 2 is 1.88 bits per heavy atom. The SMILES string of the molecule is CCS(=O)(=O)c1cc(C)ccc1-c1ncn(CC(C)(F)F)c(=O)c1C. The highest BCUT2D eigenvalue weighted by molar-refractivity contribution is 7.91. The predicted molar refractivity (Wildman–Crippen MR) is 91.8 cm³/mol. The standard InChI is InChI=1S/C17H20F2N2O3S/c1-5-25(23,24)14-8-11(2)6-7-13(14)15-12(3)16(22)21(10-20-15)9-17(4,18)19/h6-8,10H,5,9H2,1-4H3. The molecule has 0 spiro atoms. The number of aromatic nitrogens is 2. The maximum Gasteiger partial charge on any atom is 0.263 e. The first-order valence-electron chi connectivity index (χ1n) is 7.74. The summed E-state index contributed by atoms with van der Waals surface area (Å²) in [7, 11) is -3.54. The molecule has 1 aromatic heterocycles. The van der Waals surface area contributed by atoms with Crippen LogP contribution in [0.15, 0.2) is 34.2 Å². The Labute approximate surface area is 145 Å².